The number of amides is 1. The number of carbonyl (C=O) groups excluding carboxylic acids is 1. The summed E-state index contributed by atoms with van der Waals surface area (Å²) in [7, 11) is 1.89. The third kappa shape index (κ3) is 3.85. The van der Waals surface area contributed by atoms with Gasteiger partial charge in [-0.25, -0.2) is 4.52 Å². The first-order valence-corrected chi connectivity index (χ1v) is 13.1. The van der Waals surface area contributed by atoms with E-state index in [4.69, 9.17) is 4.74 Å². The number of anilines is 1. The standard InChI is InChI=1S/C29H28N8O2/c1-3-28(38)35-15-23(16-35)34-6-7-36-24(17-34)18-39-27-9-19(4-5-26(27)36)25-8-20(22-12-31-33(2)13-22)14-37-29(25)21(10-30)11-32-37/h3-5,8-9,11-14,23-24H,1,6-7,15-18H2,2H3/t24-/m1/s1. The van der Waals surface area contributed by atoms with Gasteiger partial charge in [0, 0.05) is 74.9 Å². The van der Waals surface area contributed by atoms with Crippen LogP contribution in [-0.2, 0) is 11.8 Å². The number of nitriles is 1. The Morgan fingerprint density at radius 2 is 1.95 bits per heavy atom. The molecule has 0 radical (unpaired) electrons. The molecule has 2 saturated heterocycles. The fraction of sp³-hybridized carbons (Fsp3) is 0.310. The third-order valence-electron chi connectivity index (χ3n) is 8.16. The number of nitrogens with zero attached hydrogens (tertiary/aromatic N) is 8. The Morgan fingerprint density at radius 1 is 1.08 bits per heavy atom. The van der Waals surface area contributed by atoms with Gasteiger partial charge in [-0.2, -0.15) is 15.5 Å². The Morgan fingerprint density at radius 3 is 2.72 bits per heavy atom. The fourth-order valence-corrected chi connectivity index (χ4v) is 6.04. The number of aryl methyl sites for hydroxylation is 1. The van der Waals surface area contributed by atoms with E-state index in [2.05, 4.69) is 56.9 Å². The minimum atomic E-state index is 0.0108. The van der Waals surface area contributed by atoms with Gasteiger partial charge in [0.25, 0.3) is 0 Å². The van der Waals surface area contributed by atoms with Crippen LogP contribution in [0.25, 0.3) is 27.8 Å². The molecule has 196 valence electrons. The average molecular weight is 521 g/mol. The highest BCUT2D eigenvalue weighted by atomic mass is 16.5. The van der Waals surface area contributed by atoms with E-state index in [1.807, 2.05) is 30.5 Å². The molecule has 0 N–H and O–H groups in total. The molecule has 0 saturated carbocycles. The van der Waals surface area contributed by atoms with Gasteiger partial charge in [0.2, 0.25) is 5.91 Å². The minimum Gasteiger partial charge on any atom is -0.489 e. The summed E-state index contributed by atoms with van der Waals surface area (Å²) in [6.45, 7) is 8.51. The third-order valence-corrected chi connectivity index (χ3v) is 8.16. The van der Waals surface area contributed by atoms with Crippen LogP contribution in [0.4, 0.5) is 5.69 Å². The van der Waals surface area contributed by atoms with Gasteiger partial charge in [-0.1, -0.05) is 12.6 Å². The highest BCUT2D eigenvalue weighted by molar-refractivity contribution is 5.89. The van der Waals surface area contributed by atoms with Crippen molar-refractivity contribution in [2.45, 2.75) is 12.1 Å². The van der Waals surface area contributed by atoms with Crippen molar-refractivity contribution in [1.82, 2.24) is 29.2 Å². The lowest BCUT2D eigenvalue weighted by Gasteiger charge is -2.51. The summed E-state index contributed by atoms with van der Waals surface area (Å²) in [6.07, 6.45) is 8.73. The number of benzene rings is 1. The molecular weight excluding hydrogens is 492 g/mol. The second kappa shape index (κ2) is 8.99. The smallest absolute Gasteiger partial charge is 0.246 e. The zero-order valence-electron chi connectivity index (χ0n) is 21.7. The van der Waals surface area contributed by atoms with Crippen LogP contribution in [0.5, 0.6) is 5.75 Å². The van der Waals surface area contributed by atoms with Crippen molar-refractivity contribution in [3.8, 4) is 34.1 Å². The second-order valence-electron chi connectivity index (χ2n) is 10.4. The Balaban J connectivity index is 1.18. The predicted octanol–water partition coefficient (Wildman–Crippen LogP) is 2.55. The number of likely N-dealkylation sites (tertiary alicyclic amines) is 1. The van der Waals surface area contributed by atoms with Crippen molar-refractivity contribution in [2.24, 2.45) is 7.05 Å². The number of pyridine rings is 1. The molecule has 3 aromatic heterocycles. The van der Waals surface area contributed by atoms with Gasteiger partial charge in [0.15, 0.2) is 0 Å². The van der Waals surface area contributed by atoms with Crippen LogP contribution in [0, 0.1) is 11.3 Å². The van der Waals surface area contributed by atoms with Gasteiger partial charge >= 0.3 is 0 Å². The molecule has 3 aliphatic heterocycles. The maximum Gasteiger partial charge on any atom is 0.246 e. The summed E-state index contributed by atoms with van der Waals surface area (Å²) in [5.41, 5.74) is 6.25. The lowest BCUT2D eigenvalue weighted by Crippen LogP contribution is -2.67. The molecule has 2 fully saturated rings. The summed E-state index contributed by atoms with van der Waals surface area (Å²) in [5, 5.41) is 18.5. The molecule has 3 aliphatic rings. The van der Waals surface area contributed by atoms with Crippen molar-refractivity contribution in [3.05, 3.63) is 67.3 Å². The number of piperazine rings is 1. The summed E-state index contributed by atoms with van der Waals surface area (Å²) in [5.74, 6) is 0.864. The lowest BCUT2D eigenvalue weighted by molar-refractivity contribution is -0.133. The molecule has 6 heterocycles. The normalized spacial score (nSPS) is 19.1. The van der Waals surface area contributed by atoms with E-state index in [1.54, 1.807) is 15.4 Å². The molecule has 1 aromatic carbocycles. The van der Waals surface area contributed by atoms with Crippen LogP contribution in [0.2, 0.25) is 0 Å². The number of hydrogen-bond donors (Lipinski definition) is 0. The van der Waals surface area contributed by atoms with Gasteiger partial charge < -0.3 is 14.5 Å². The van der Waals surface area contributed by atoms with E-state index >= 15 is 0 Å². The number of hydrogen-bond acceptors (Lipinski definition) is 7. The molecular formula is C29H28N8O2. The SMILES string of the molecule is C=CC(=O)N1CC(N2CCN3c4ccc(-c5cc(-c6cnn(C)c6)cn6ncc(C#N)c56)cc4OC[C@H]3C2)C1. The summed E-state index contributed by atoms with van der Waals surface area (Å²) < 4.78 is 9.88. The first-order valence-electron chi connectivity index (χ1n) is 13.1. The molecule has 10 nitrogen and oxygen atoms in total. The molecule has 1 atom stereocenters. The van der Waals surface area contributed by atoms with E-state index in [1.165, 1.54) is 6.08 Å². The first kappa shape index (κ1) is 23.5. The number of rotatable bonds is 4. The molecule has 0 spiro atoms. The number of fused-ring (bicyclic) bond motifs is 4. The van der Waals surface area contributed by atoms with E-state index < -0.39 is 0 Å². The first-order chi connectivity index (χ1) is 19.0. The largest absolute Gasteiger partial charge is 0.489 e. The Hall–Kier alpha value is -4.62. The highest BCUT2D eigenvalue weighted by Crippen LogP contribution is 2.41. The number of aromatic nitrogens is 4. The van der Waals surface area contributed by atoms with Crippen molar-refractivity contribution >= 4 is 17.1 Å². The van der Waals surface area contributed by atoms with Crippen molar-refractivity contribution in [1.29, 1.82) is 5.26 Å². The van der Waals surface area contributed by atoms with Gasteiger partial charge in [-0.05, 0) is 29.8 Å². The van der Waals surface area contributed by atoms with Crippen molar-refractivity contribution < 1.29 is 9.53 Å². The zero-order valence-corrected chi connectivity index (χ0v) is 21.7. The number of carbonyl (C=O) groups is 1. The minimum absolute atomic E-state index is 0.0108. The Labute approximate surface area is 225 Å². The van der Waals surface area contributed by atoms with Crippen LogP contribution < -0.4 is 9.64 Å². The van der Waals surface area contributed by atoms with Crippen LogP contribution >= 0.6 is 0 Å². The van der Waals surface area contributed by atoms with Crippen LogP contribution in [0.1, 0.15) is 5.56 Å². The van der Waals surface area contributed by atoms with Gasteiger partial charge in [-0.15, -0.1) is 0 Å². The van der Waals surface area contributed by atoms with Gasteiger partial charge in [-0.3, -0.25) is 14.4 Å². The zero-order chi connectivity index (χ0) is 26.7. The molecule has 4 aromatic rings. The molecule has 7 rings (SSSR count). The molecule has 0 aliphatic carbocycles. The van der Waals surface area contributed by atoms with E-state index in [0.29, 0.717) is 18.2 Å². The van der Waals surface area contributed by atoms with Gasteiger partial charge in [0.05, 0.1) is 35.2 Å². The predicted molar refractivity (Wildman–Crippen MR) is 146 cm³/mol. The maximum atomic E-state index is 11.8. The molecule has 0 unspecified atom stereocenters. The lowest BCUT2D eigenvalue weighted by atomic mass is 9.98. The highest BCUT2D eigenvalue weighted by Gasteiger charge is 2.40. The Kier molecular flexibility index (Phi) is 5.42. The monoisotopic (exact) mass is 520 g/mol. The summed E-state index contributed by atoms with van der Waals surface area (Å²) in [6, 6.07) is 11.4. The van der Waals surface area contributed by atoms with Crippen molar-refractivity contribution in [3.63, 3.8) is 0 Å². The molecule has 10 heteroatoms. The fourth-order valence-electron chi connectivity index (χ4n) is 6.04. The van der Waals surface area contributed by atoms with Gasteiger partial charge in [0.1, 0.15) is 18.4 Å². The summed E-state index contributed by atoms with van der Waals surface area (Å²) in [4.78, 5) is 18.6. The van der Waals surface area contributed by atoms with E-state index in [-0.39, 0.29) is 11.9 Å². The van der Waals surface area contributed by atoms with Crippen molar-refractivity contribution in [2.75, 3.05) is 44.2 Å². The summed E-state index contributed by atoms with van der Waals surface area (Å²) >= 11 is 0. The topological polar surface area (TPSA) is 94.9 Å². The quantitative estimate of drug-likeness (QED) is 0.382. The Bertz CT molecular complexity index is 1660. The molecule has 0 bridgehead atoms. The molecule has 1 amide bonds. The average Bonchev–Trinajstić information content (AvgIpc) is 3.57. The van der Waals surface area contributed by atoms with E-state index in [0.717, 1.165) is 71.9 Å². The number of ether oxygens (including phenoxy) is 1. The van der Waals surface area contributed by atoms with Crippen LogP contribution in [0.3, 0.4) is 0 Å². The molecule has 39 heavy (non-hydrogen) atoms. The maximum absolute atomic E-state index is 11.8. The second-order valence-corrected chi connectivity index (χ2v) is 10.4. The van der Waals surface area contributed by atoms with E-state index in [9.17, 15) is 10.1 Å². The van der Waals surface area contributed by atoms with Crippen LogP contribution in [-0.4, -0.2) is 86.5 Å². The van der Waals surface area contributed by atoms with Crippen LogP contribution in [0.15, 0.2) is 61.7 Å².